The first-order valence-electron chi connectivity index (χ1n) is 6.74. The van der Waals surface area contributed by atoms with Crippen molar-refractivity contribution in [1.82, 2.24) is 10.6 Å². The maximum Gasteiger partial charge on any atom is 0.243 e. The predicted octanol–water partition coefficient (Wildman–Crippen LogP) is -0.359. The second-order valence-electron chi connectivity index (χ2n) is 3.83. The maximum absolute atomic E-state index is 10.8. The fraction of sp³-hybridized carbons (Fsp3) is 0.571. The molecule has 0 heterocycles. The summed E-state index contributed by atoms with van der Waals surface area (Å²) in [6.07, 6.45) is 2.43. The molecule has 21 heavy (non-hydrogen) atoms. The van der Waals surface area contributed by atoms with Crippen molar-refractivity contribution in [2.75, 3.05) is 52.7 Å². The molecule has 7 heteroatoms. The standard InChI is InChI=1S/C14H24N2O5/c1-3-13(17)15-5-7-19-9-11-21-12-10-20-8-6-16-14(18)4-2/h3-4H,1-2,5-12H2,(H,15,17)(H,16,18). The minimum absolute atomic E-state index is 0.212. The molecule has 0 aliphatic carbocycles. The van der Waals surface area contributed by atoms with Gasteiger partial charge in [0.05, 0.1) is 39.6 Å². The Balaban J connectivity index is 3.09. The molecule has 0 aliphatic rings. The van der Waals surface area contributed by atoms with Crippen molar-refractivity contribution < 1.29 is 23.8 Å². The SMILES string of the molecule is C=CC(=O)NCCOCCOCCOCCNC(=O)C=C. The Bertz CT molecular complexity index is 290. The lowest BCUT2D eigenvalue weighted by Gasteiger charge is -2.07. The highest BCUT2D eigenvalue weighted by atomic mass is 16.5. The number of rotatable bonds is 14. The van der Waals surface area contributed by atoms with Gasteiger partial charge in [-0.1, -0.05) is 13.2 Å². The van der Waals surface area contributed by atoms with E-state index in [9.17, 15) is 9.59 Å². The molecule has 0 rings (SSSR count). The number of nitrogens with one attached hydrogen (secondary N) is 2. The average molecular weight is 300 g/mol. The fourth-order valence-corrected chi connectivity index (χ4v) is 1.18. The van der Waals surface area contributed by atoms with Crippen LogP contribution in [0.4, 0.5) is 0 Å². The summed E-state index contributed by atoms with van der Waals surface area (Å²) in [4.78, 5) is 21.6. The average Bonchev–Trinajstić information content (AvgIpc) is 2.51. The highest BCUT2D eigenvalue weighted by Gasteiger charge is 1.95. The third-order valence-corrected chi connectivity index (χ3v) is 2.21. The number of hydrogen-bond acceptors (Lipinski definition) is 5. The van der Waals surface area contributed by atoms with E-state index >= 15 is 0 Å². The number of carbonyl (C=O) groups excluding carboxylic acids is 2. The Morgan fingerprint density at radius 3 is 1.38 bits per heavy atom. The largest absolute Gasteiger partial charge is 0.377 e. The van der Waals surface area contributed by atoms with Crippen molar-refractivity contribution in [3.8, 4) is 0 Å². The Morgan fingerprint density at radius 1 is 0.714 bits per heavy atom. The van der Waals surface area contributed by atoms with Gasteiger partial charge in [-0.2, -0.15) is 0 Å². The van der Waals surface area contributed by atoms with Crippen LogP contribution in [0.3, 0.4) is 0 Å². The Labute approximate surface area is 125 Å². The summed E-state index contributed by atoms with van der Waals surface area (Å²) in [6.45, 7) is 10.3. The van der Waals surface area contributed by atoms with Crippen LogP contribution >= 0.6 is 0 Å². The van der Waals surface area contributed by atoms with E-state index in [0.29, 0.717) is 52.7 Å². The molecule has 0 bridgehead atoms. The lowest BCUT2D eigenvalue weighted by molar-refractivity contribution is -0.117. The van der Waals surface area contributed by atoms with Gasteiger partial charge in [0.15, 0.2) is 0 Å². The molecule has 2 N–H and O–H groups in total. The van der Waals surface area contributed by atoms with E-state index in [4.69, 9.17) is 14.2 Å². The summed E-state index contributed by atoms with van der Waals surface area (Å²) in [6, 6.07) is 0. The highest BCUT2D eigenvalue weighted by Crippen LogP contribution is 1.81. The van der Waals surface area contributed by atoms with Crippen molar-refractivity contribution in [3.05, 3.63) is 25.3 Å². The van der Waals surface area contributed by atoms with Gasteiger partial charge in [0.1, 0.15) is 0 Å². The zero-order valence-electron chi connectivity index (χ0n) is 12.3. The molecule has 0 saturated carbocycles. The molecule has 0 aromatic rings. The molecule has 2 amide bonds. The zero-order valence-corrected chi connectivity index (χ0v) is 12.3. The minimum Gasteiger partial charge on any atom is -0.377 e. The van der Waals surface area contributed by atoms with E-state index in [1.165, 1.54) is 12.2 Å². The molecule has 0 aromatic heterocycles. The van der Waals surface area contributed by atoms with Crippen LogP contribution in [0, 0.1) is 0 Å². The second-order valence-corrected chi connectivity index (χ2v) is 3.83. The topological polar surface area (TPSA) is 85.9 Å². The van der Waals surface area contributed by atoms with Gasteiger partial charge in [0.25, 0.3) is 0 Å². The van der Waals surface area contributed by atoms with E-state index in [-0.39, 0.29) is 11.8 Å². The molecule has 120 valence electrons. The van der Waals surface area contributed by atoms with Crippen LogP contribution in [0.2, 0.25) is 0 Å². The summed E-state index contributed by atoms with van der Waals surface area (Å²) in [5, 5.41) is 5.19. The van der Waals surface area contributed by atoms with Crippen LogP contribution in [0.15, 0.2) is 25.3 Å². The Kier molecular flexibility index (Phi) is 13.5. The van der Waals surface area contributed by atoms with Gasteiger partial charge in [-0.05, 0) is 12.2 Å². The van der Waals surface area contributed by atoms with E-state index in [0.717, 1.165) is 0 Å². The maximum atomic E-state index is 10.8. The third-order valence-electron chi connectivity index (χ3n) is 2.21. The Morgan fingerprint density at radius 2 is 1.05 bits per heavy atom. The Hall–Kier alpha value is -1.70. The van der Waals surface area contributed by atoms with E-state index in [1.807, 2.05) is 0 Å². The van der Waals surface area contributed by atoms with Crippen molar-refractivity contribution in [2.24, 2.45) is 0 Å². The van der Waals surface area contributed by atoms with Gasteiger partial charge in [0, 0.05) is 13.1 Å². The van der Waals surface area contributed by atoms with Crippen LogP contribution in [0.25, 0.3) is 0 Å². The number of hydrogen-bond donors (Lipinski definition) is 2. The van der Waals surface area contributed by atoms with E-state index in [2.05, 4.69) is 23.8 Å². The summed E-state index contributed by atoms with van der Waals surface area (Å²) in [5.41, 5.74) is 0. The smallest absolute Gasteiger partial charge is 0.243 e. The van der Waals surface area contributed by atoms with Gasteiger partial charge in [-0.3, -0.25) is 9.59 Å². The van der Waals surface area contributed by atoms with Gasteiger partial charge >= 0.3 is 0 Å². The molecule has 0 aromatic carbocycles. The highest BCUT2D eigenvalue weighted by molar-refractivity contribution is 5.87. The van der Waals surface area contributed by atoms with Crippen LogP contribution < -0.4 is 10.6 Å². The van der Waals surface area contributed by atoms with Crippen molar-refractivity contribution in [2.45, 2.75) is 0 Å². The fourth-order valence-electron chi connectivity index (χ4n) is 1.18. The molecule has 7 nitrogen and oxygen atoms in total. The van der Waals surface area contributed by atoms with E-state index < -0.39 is 0 Å². The summed E-state index contributed by atoms with van der Waals surface area (Å²) >= 11 is 0. The van der Waals surface area contributed by atoms with Crippen molar-refractivity contribution >= 4 is 11.8 Å². The van der Waals surface area contributed by atoms with Gasteiger partial charge < -0.3 is 24.8 Å². The minimum atomic E-state index is -0.212. The molecule has 0 aliphatic heterocycles. The quantitative estimate of drug-likeness (QED) is 0.338. The van der Waals surface area contributed by atoms with Crippen molar-refractivity contribution in [1.29, 1.82) is 0 Å². The zero-order chi connectivity index (χ0) is 15.8. The molecule has 0 radical (unpaired) electrons. The second kappa shape index (κ2) is 14.7. The first-order valence-corrected chi connectivity index (χ1v) is 6.74. The molecule has 0 atom stereocenters. The predicted molar refractivity (Wildman–Crippen MR) is 78.9 cm³/mol. The number of ether oxygens (including phenoxy) is 3. The van der Waals surface area contributed by atoms with Gasteiger partial charge in [-0.25, -0.2) is 0 Å². The van der Waals surface area contributed by atoms with Gasteiger partial charge in [0.2, 0.25) is 11.8 Å². The monoisotopic (exact) mass is 300 g/mol. The van der Waals surface area contributed by atoms with Crippen LogP contribution in [0.1, 0.15) is 0 Å². The normalized spacial score (nSPS) is 9.90. The summed E-state index contributed by atoms with van der Waals surface area (Å²) in [5.74, 6) is -0.424. The lowest BCUT2D eigenvalue weighted by atomic mass is 10.5. The van der Waals surface area contributed by atoms with Gasteiger partial charge in [-0.15, -0.1) is 0 Å². The van der Waals surface area contributed by atoms with Crippen LogP contribution in [0.5, 0.6) is 0 Å². The molecule has 0 spiro atoms. The molecule has 0 unspecified atom stereocenters. The first kappa shape index (κ1) is 19.3. The summed E-state index contributed by atoms with van der Waals surface area (Å²) < 4.78 is 15.8. The van der Waals surface area contributed by atoms with Crippen LogP contribution in [-0.4, -0.2) is 64.5 Å². The van der Waals surface area contributed by atoms with Crippen LogP contribution in [-0.2, 0) is 23.8 Å². The lowest BCUT2D eigenvalue weighted by Crippen LogP contribution is -2.26. The molecule has 0 saturated heterocycles. The van der Waals surface area contributed by atoms with Crippen molar-refractivity contribution in [3.63, 3.8) is 0 Å². The number of carbonyl (C=O) groups is 2. The van der Waals surface area contributed by atoms with E-state index in [1.54, 1.807) is 0 Å². The molecular weight excluding hydrogens is 276 g/mol. The third kappa shape index (κ3) is 14.5. The molecular formula is C14H24N2O5. The molecule has 0 fully saturated rings. The first-order chi connectivity index (χ1) is 10.2. The summed E-state index contributed by atoms with van der Waals surface area (Å²) in [7, 11) is 0. The number of amides is 2.